The van der Waals surface area contributed by atoms with Gasteiger partial charge in [-0.25, -0.2) is 4.98 Å². The minimum absolute atomic E-state index is 0.121. The fraction of sp³-hybridized carbons (Fsp3) is 0.480. The van der Waals surface area contributed by atoms with Crippen molar-refractivity contribution in [2.45, 2.75) is 39.0 Å². The summed E-state index contributed by atoms with van der Waals surface area (Å²) >= 11 is 0. The van der Waals surface area contributed by atoms with Gasteiger partial charge in [0.1, 0.15) is 11.9 Å². The van der Waals surface area contributed by atoms with Crippen LogP contribution in [0.5, 0.6) is 0 Å². The first kappa shape index (κ1) is 20.4. The summed E-state index contributed by atoms with van der Waals surface area (Å²) in [6.45, 7) is 5.79. The molecule has 2 aliphatic heterocycles. The number of pyridine rings is 1. The summed E-state index contributed by atoms with van der Waals surface area (Å²) in [6, 6.07) is 16.5. The quantitative estimate of drug-likeness (QED) is 0.757. The van der Waals surface area contributed by atoms with Crippen molar-refractivity contribution in [1.29, 1.82) is 5.26 Å². The van der Waals surface area contributed by atoms with Gasteiger partial charge in [0.05, 0.1) is 5.56 Å². The molecule has 0 N–H and O–H groups in total. The number of aromatic nitrogens is 1. The van der Waals surface area contributed by atoms with E-state index in [0.29, 0.717) is 11.5 Å². The number of hydrogen-bond acceptors (Lipinski definition) is 4. The summed E-state index contributed by atoms with van der Waals surface area (Å²) in [4.78, 5) is 21.9. The number of amides is 1. The number of piperidine rings is 1. The number of carbonyl (C=O) groups excluding carboxylic acids is 1. The molecular weight excluding hydrogens is 372 g/mol. The van der Waals surface area contributed by atoms with Crippen molar-refractivity contribution in [1.82, 2.24) is 9.88 Å². The summed E-state index contributed by atoms with van der Waals surface area (Å²) < 4.78 is 0. The lowest BCUT2D eigenvalue weighted by atomic mass is 9.83. The Morgan fingerprint density at radius 2 is 1.93 bits per heavy atom. The van der Waals surface area contributed by atoms with Crippen molar-refractivity contribution in [3.05, 3.63) is 59.8 Å². The lowest BCUT2D eigenvalue weighted by Gasteiger charge is -2.34. The Morgan fingerprint density at radius 3 is 2.60 bits per heavy atom. The number of aryl methyl sites for hydroxylation is 1. The molecule has 30 heavy (non-hydrogen) atoms. The Balaban J connectivity index is 1.27. The number of carbonyl (C=O) groups is 1. The number of nitriles is 1. The molecule has 2 saturated heterocycles. The zero-order chi connectivity index (χ0) is 21.0. The van der Waals surface area contributed by atoms with Crippen LogP contribution in [0.2, 0.25) is 0 Å². The van der Waals surface area contributed by atoms with Crippen LogP contribution in [-0.4, -0.2) is 42.0 Å². The normalized spacial score (nSPS) is 22.1. The Bertz CT molecular complexity index is 897. The van der Waals surface area contributed by atoms with Crippen LogP contribution >= 0.6 is 0 Å². The lowest BCUT2D eigenvalue weighted by Crippen LogP contribution is -2.42. The van der Waals surface area contributed by atoms with Gasteiger partial charge in [0.25, 0.3) is 0 Å². The molecule has 1 unspecified atom stereocenters. The van der Waals surface area contributed by atoms with Crippen molar-refractivity contribution < 1.29 is 4.79 Å². The minimum Gasteiger partial charge on any atom is -0.357 e. The topological polar surface area (TPSA) is 60.2 Å². The maximum atomic E-state index is 13.1. The second-order valence-electron chi connectivity index (χ2n) is 9.08. The van der Waals surface area contributed by atoms with Gasteiger partial charge in [0, 0.05) is 38.3 Å². The monoisotopic (exact) mass is 402 g/mol. The van der Waals surface area contributed by atoms with Gasteiger partial charge in [-0.2, -0.15) is 5.26 Å². The van der Waals surface area contributed by atoms with Crippen LogP contribution in [0.1, 0.15) is 43.7 Å². The third kappa shape index (κ3) is 4.64. The Hall–Kier alpha value is -2.87. The van der Waals surface area contributed by atoms with E-state index in [1.165, 1.54) is 5.56 Å². The van der Waals surface area contributed by atoms with E-state index in [1.807, 2.05) is 6.07 Å². The van der Waals surface area contributed by atoms with E-state index in [1.54, 1.807) is 12.3 Å². The van der Waals surface area contributed by atoms with Crippen LogP contribution in [0.3, 0.4) is 0 Å². The summed E-state index contributed by atoms with van der Waals surface area (Å²) in [6.07, 6.45) is 6.67. The van der Waals surface area contributed by atoms with Gasteiger partial charge in [-0.1, -0.05) is 37.3 Å². The molecule has 1 aromatic heterocycles. The molecule has 1 aromatic carbocycles. The van der Waals surface area contributed by atoms with Gasteiger partial charge in [-0.3, -0.25) is 4.79 Å². The van der Waals surface area contributed by atoms with E-state index >= 15 is 0 Å². The first-order valence-electron chi connectivity index (χ1n) is 11.0. The molecule has 3 heterocycles. The summed E-state index contributed by atoms with van der Waals surface area (Å²) in [5.74, 6) is 1.36. The summed E-state index contributed by atoms with van der Waals surface area (Å²) in [5.41, 5.74) is 2.18. The number of hydrogen-bond donors (Lipinski definition) is 0. The summed E-state index contributed by atoms with van der Waals surface area (Å²) in [5, 5.41) is 8.92. The number of anilines is 1. The maximum Gasteiger partial charge on any atom is 0.225 e. The second-order valence-corrected chi connectivity index (χ2v) is 9.08. The number of likely N-dealkylation sites (tertiary alicyclic amines) is 1. The molecule has 1 atom stereocenters. The largest absolute Gasteiger partial charge is 0.357 e. The molecule has 5 heteroatoms. The molecule has 2 aliphatic rings. The molecule has 0 aliphatic carbocycles. The van der Waals surface area contributed by atoms with E-state index in [2.05, 4.69) is 58.1 Å². The number of rotatable bonds is 5. The molecular formula is C25H30N4O. The molecule has 2 aromatic rings. The maximum absolute atomic E-state index is 13.1. The lowest BCUT2D eigenvalue weighted by molar-refractivity contribution is -0.135. The standard InChI is InChI=1S/C25H30N4O/c1-25(12-9-20-5-3-2-4-6-20)13-16-29(19-25)24(30)22-10-14-28(15-11-22)23-8-7-21(17-26)18-27-23/h2-8,18,22H,9-16,19H2,1H3. The van der Waals surface area contributed by atoms with Gasteiger partial charge < -0.3 is 9.80 Å². The van der Waals surface area contributed by atoms with Crippen molar-refractivity contribution in [2.75, 3.05) is 31.1 Å². The highest BCUT2D eigenvalue weighted by Gasteiger charge is 2.38. The van der Waals surface area contributed by atoms with Crippen LogP contribution in [0.15, 0.2) is 48.7 Å². The number of benzene rings is 1. The highest BCUT2D eigenvalue weighted by atomic mass is 16.2. The fourth-order valence-electron chi connectivity index (χ4n) is 4.76. The molecule has 0 spiro atoms. The fourth-order valence-corrected chi connectivity index (χ4v) is 4.76. The third-order valence-corrected chi connectivity index (χ3v) is 6.77. The van der Waals surface area contributed by atoms with Crippen molar-refractivity contribution in [3.63, 3.8) is 0 Å². The van der Waals surface area contributed by atoms with E-state index in [4.69, 9.17) is 5.26 Å². The predicted molar refractivity (Wildman–Crippen MR) is 118 cm³/mol. The molecule has 156 valence electrons. The van der Waals surface area contributed by atoms with E-state index < -0.39 is 0 Å². The van der Waals surface area contributed by atoms with Crippen LogP contribution in [-0.2, 0) is 11.2 Å². The third-order valence-electron chi connectivity index (χ3n) is 6.77. The van der Waals surface area contributed by atoms with E-state index in [9.17, 15) is 4.79 Å². The van der Waals surface area contributed by atoms with Gasteiger partial charge in [-0.05, 0) is 55.2 Å². The Morgan fingerprint density at radius 1 is 1.17 bits per heavy atom. The van der Waals surface area contributed by atoms with Gasteiger partial charge in [-0.15, -0.1) is 0 Å². The Kier molecular flexibility index (Phi) is 6.03. The zero-order valence-corrected chi connectivity index (χ0v) is 17.8. The average Bonchev–Trinajstić information content (AvgIpc) is 3.20. The van der Waals surface area contributed by atoms with Crippen molar-refractivity contribution in [3.8, 4) is 6.07 Å². The smallest absolute Gasteiger partial charge is 0.225 e. The van der Waals surface area contributed by atoms with Gasteiger partial charge in [0.15, 0.2) is 0 Å². The van der Waals surface area contributed by atoms with Crippen molar-refractivity contribution in [2.24, 2.45) is 11.3 Å². The number of nitrogens with zero attached hydrogens (tertiary/aromatic N) is 4. The van der Waals surface area contributed by atoms with Gasteiger partial charge in [0.2, 0.25) is 5.91 Å². The first-order valence-corrected chi connectivity index (χ1v) is 11.0. The first-order chi connectivity index (χ1) is 14.6. The molecule has 1 amide bonds. The van der Waals surface area contributed by atoms with E-state index in [0.717, 1.165) is 64.1 Å². The zero-order valence-electron chi connectivity index (χ0n) is 17.8. The molecule has 0 saturated carbocycles. The minimum atomic E-state index is 0.121. The average molecular weight is 403 g/mol. The van der Waals surface area contributed by atoms with Crippen LogP contribution in [0.4, 0.5) is 5.82 Å². The van der Waals surface area contributed by atoms with Crippen molar-refractivity contribution >= 4 is 11.7 Å². The Labute approximate surface area is 179 Å². The summed E-state index contributed by atoms with van der Waals surface area (Å²) in [7, 11) is 0. The van der Waals surface area contributed by atoms with Crippen LogP contribution in [0.25, 0.3) is 0 Å². The molecule has 2 fully saturated rings. The van der Waals surface area contributed by atoms with Gasteiger partial charge >= 0.3 is 0 Å². The molecule has 4 rings (SSSR count). The molecule has 5 nitrogen and oxygen atoms in total. The second kappa shape index (κ2) is 8.87. The van der Waals surface area contributed by atoms with Crippen LogP contribution < -0.4 is 4.90 Å². The highest BCUT2D eigenvalue weighted by molar-refractivity contribution is 5.79. The van der Waals surface area contributed by atoms with Crippen LogP contribution in [0, 0.1) is 22.7 Å². The molecule has 0 bridgehead atoms. The predicted octanol–water partition coefficient (Wildman–Crippen LogP) is 4.04. The SMILES string of the molecule is CC1(CCc2ccccc2)CCN(C(=O)C2CCN(c3ccc(C#N)cn3)CC2)C1. The van der Waals surface area contributed by atoms with E-state index in [-0.39, 0.29) is 11.3 Å². The highest BCUT2D eigenvalue weighted by Crippen LogP contribution is 2.36. The molecule has 0 radical (unpaired) electrons.